The lowest BCUT2D eigenvalue weighted by Crippen LogP contribution is -2.25. The molecule has 0 aliphatic heterocycles. The standard InChI is InChI=1S/C16H18F3NO/c1-10-6-7-12(8-11(10)2)15(21)20-14-5-3-4-13(9-14)16(17,18)19/h3-5,8-10,12H,6-7H2,1-2H3,(H,20,21). The van der Waals surface area contributed by atoms with Crippen LogP contribution in [0.5, 0.6) is 0 Å². The van der Waals surface area contributed by atoms with Crippen molar-refractivity contribution in [1.29, 1.82) is 0 Å². The van der Waals surface area contributed by atoms with E-state index in [0.29, 0.717) is 5.92 Å². The molecule has 1 aliphatic carbocycles. The van der Waals surface area contributed by atoms with E-state index in [1.807, 2.05) is 13.0 Å². The molecule has 0 fully saturated rings. The molecular weight excluding hydrogens is 279 g/mol. The summed E-state index contributed by atoms with van der Waals surface area (Å²) in [6, 6.07) is 4.71. The van der Waals surface area contributed by atoms with E-state index in [0.717, 1.165) is 30.5 Å². The Bertz CT molecular complexity index is 563. The van der Waals surface area contributed by atoms with Gasteiger partial charge >= 0.3 is 6.18 Å². The highest BCUT2D eigenvalue weighted by atomic mass is 19.4. The van der Waals surface area contributed by atoms with Gasteiger partial charge in [-0.15, -0.1) is 0 Å². The van der Waals surface area contributed by atoms with Crippen LogP contribution in [0.4, 0.5) is 18.9 Å². The molecule has 0 radical (unpaired) electrons. The Balaban J connectivity index is 2.10. The van der Waals surface area contributed by atoms with E-state index in [1.165, 1.54) is 12.1 Å². The van der Waals surface area contributed by atoms with Gasteiger partial charge in [0.05, 0.1) is 11.5 Å². The first-order valence-electron chi connectivity index (χ1n) is 6.94. The Hall–Kier alpha value is -1.78. The number of benzene rings is 1. The van der Waals surface area contributed by atoms with Crippen LogP contribution in [0.3, 0.4) is 0 Å². The lowest BCUT2D eigenvalue weighted by atomic mass is 9.84. The number of rotatable bonds is 2. The Kier molecular flexibility index (Phi) is 4.40. The summed E-state index contributed by atoms with van der Waals surface area (Å²) in [6.07, 6.45) is -0.846. The van der Waals surface area contributed by atoms with Gasteiger partial charge in [-0.3, -0.25) is 4.79 Å². The minimum atomic E-state index is -4.41. The molecule has 0 aromatic heterocycles. The molecule has 1 N–H and O–H groups in total. The van der Waals surface area contributed by atoms with E-state index >= 15 is 0 Å². The second kappa shape index (κ2) is 5.92. The number of allylic oxidation sites excluding steroid dienone is 1. The molecule has 5 heteroatoms. The van der Waals surface area contributed by atoms with Crippen LogP contribution in [0, 0.1) is 11.8 Å². The third kappa shape index (κ3) is 3.86. The van der Waals surface area contributed by atoms with E-state index in [4.69, 9.17) is 0 Å². The fourth-order valence-corrected chi connectivity index (χ4v) is 2.44. The van der Waals surface area contributed by atoms with Crippen LogP contribution in [0.2, 0.25) is 0 Å². The monoisotopic (exact) mass is 297 g/mol. The summed E-state index contributed by atoms with van der Waals surface area (Å²) in [4.78, 5) is 12.1. The first kappa shape index (κ1) is 15.6. The molecule has 0 heterocycles. The quantitative estimate of drug-likeness (QED) is 0.792. The van der Waals surface area contributed by atoms with Crippen LogP contribution in [0.1, 0.15) is 32.3 Å². The van der Waals surface area contributed by atoms with E-state index < -0.39 is 11.7 Å². The van der Waals surface area contributed by atoms with Crippen LogP contribution >= 0.6 is 0 Å². The second-order valence-corrected chi connectivity index (χ2v) is 5.56. The molecule has 1 aliphatic rings. The predicted molar refractivity (Wildman–Crippen MR) is 75.7 cm³/mol. The number of hydrogen-bond donors (Lipinski definition) is 1. The molecule has 2 rings (SSSR count). The average molecular weight is 297 g/mol. The van der Waals surface area contributed by atoms with Crippen LogP contribution in [-0.2, 0) is 11.0 Å². The van der Waals surface area contributed by atoms with Gasteiger partial charge in [-0.05, 0) is 43.9 Å². The maximum absolute atomic E-state index is 12.6. The van der Waals surface area contributed by atoms with E-state index in [-0.39, 0.29) is 17.5 Å². The van der Waals surface area contributed by atoms with Gasteiger partial charge in [0.2, 0.25) is 5.91 Å². The number of anilines is 1. The summed E-state index contributed by atoms with van der Waals surface area (Å²) < 4.78 is 37.9. The Morgan fingerprint density at radius 3 is 2.62 bits per heavy atom. The van der Waals surface area contributed by atoms with Gasteiger partial charge in [0.1, 0.15) is 0 Å². The fraction of sp³-hybridized carbons (Fsp3) is 0.438. The highest BCUT2D eigenvalue weighted by molar-refractivity contribution is 5.93. The van der Waals surface area contributed by atoms with E-state index in [9.17, 15) is 18.0 Å². The minimum Gasteiger partial charge on any atom is -0.326 e. The molecule has 114 valence electrons. The van der Waals surface area contributed by atoms with Crippen LogP contribution in [0.25, 0.3) is 0 Å². The van der Waals surface area contributed by atoms with Crippen molar-refractivity contribution >= 4 is 11.6 Å². The van der Waals surface area contributed by atoms with Gasteiger partial charge in [0, 0.05) is 5.69 Å². The molecule has 0 saturated heterocycles. The summed E-state index contributed by atoms with van der Waals surface area (Å²) >= 11 is 0. The summed E-state index contributed by atoms with van der Waals surface area (Å²) in [5.74, 6) is -0.0566. The zero-order chi connectivity index (χ0) is 15.6. The third-order valence-electron chi connectivity index (χ3n) is 3.95. The molecule has 2 atom stereocenters. The number of amides is 1. The fourth-order valence-electron chi connectivity index (χ4n) is 2.44. The van der Waals surface area contributed by atoms with Crippen molar-refractivity contribution in [2.24, 2.45) is 11.8 Å². The Labute approximate surface area is 122 Å². The lowest BCUT2D eigenvalue weighted by Gasteiger charge is -2.24. The largest absolute Gasteiger partial charge is 0.416 e. The number of carbonyl (C=O) groups excluding carboxylic acids is 1. The van der Waals surface area contributed by atoms with Gasteiger partial charge < -0.3 is 5.32 Å². The molecule has 1 aromatic rings. The number of halogens is 3. The molecule has 0 spiro atoms. The summed E-state index contributed by atoms with van der Waals surface area (Å²) in [6.45, 7) is 4.08. The highest BCUT2D eigenvalue weighted by Crippen LogP contribution is 2.32. The van der Waals surface area contributed by atoms with Crippen LogP contribution in [0.15, 0.2) is 35.9 Å². The van der Waals surface area contributed by atoms with Gasteiger partial charge in [-0.2, -0.15) is 13.2 Å². The van der Waals surface area contributed by atoms with E-state index in [1.54, 1.807) is 0 Å². The van der Waals surface area contributed by atoms with Crippen molar-refractivity contribution < 1.29 is 18.0 Å². The topological polar surface area (TPSA) is 29.1 Å². The highest BCUT2D eigenvalue weighted by Gasteiger charge is 2.30. The molecule has 0 bridgehead atoms. The van der Waals surface area contributed by atoms with Gasteiger partial charge in [0.25, 0.3) is 0 Å². The molecule has 1 aromatic carbocycles. The van der Waals surface area contributed by atoms with E-state index in [2.05, 4.69) is 12.2 Å². The Morgan fingerprint density at radius 1 is 1.29 bits per heavy atom. The summed E-state index contributed by atoms with van der Waals surface area (Å²) in [5.41, 5.74) is 0.578. The lowest BCUT2D eigenvalue weighted by molar-refractivity contribution is -0.137. The zero-order valence-electron chi connectivity index (χ0n) is 12.0. The normalized spacial score (nSPS) is 22.6. The molecule has 2 unspecified atom stereocenters. The predicted octanol–water partition coefficient (Wildman–Crippen LogP) is 4.64. The molecule has 2 nitrogen and oxygen atoms in total. The Morgan fingerprint density at radius 2 is 2.00 bits per heavy atom. The third-order valence-corrected chi connectivity index (χ3v) is 3.95. The minimum absolute atomic E-state index is 0.180. The number of alkyl halides is 3. The van der Waals surface area contributed by atoms with Gasteiger partial charge in [0.15, 0.2) is 0 Å². The molecule has 0 saturated carbocycles. The summed E-state index contributed by atoms with van der Waals surface area (Å²) in [5, 5.41) is 2.58. The van der Waals surface area contributed by atoms with Gasteiger partial charge in [-0.1, -0.05) is 24.6 Å². The summed E-state index contributed by atoms with van der Waals surface area (Å²) in [7, 11) is 0. The first-order chi connectivity index (χ1) is 9.77. The smallest absolute Gasteiger partial charge is 0.326 e. The molecular formula is C16H18F3NO. The van der Waals surface area contributed by atoms with Crippen molar-refractivity contribution in [2.45, 2.75) is 32.9 Å². The zero-order valence-corrected chi connectivity index (χ0v) is 12.0. The number of nitrogens with one attached hydrogen (secondary N) is 1. The van der Waals surface area contributed by atoms with Crippen molar-refractivity contribution in [3.8, 4) is 0 Å². The second-order valence-electron chi connectivity index (χ2n) is 5.56. The van der Waals surface area contributed by atoms with Crippen molar-refractivity contribution in [1.82, 2.24) is 0 Å². The van der Waals surface area contributed by atoms with Crippen LogP contribution in [-0.4, -0.2) is 5.91 Å². The van der Waals surface area contributed by atoms with Crippen molar-refractivity contribution in [2.75, 3.05) is 5.32 Å². The molecule has 21 heavy (non-hydrogen) atoms. The van der Waals surface area contributed by atoms with Crippen molar-refractivity contribution in [3.05, 3.63) is 41.5 Å². The SMILES string of the molecule is CC1=CC(C(=O)Nc2cccc(C(F)(F)F)c2)CCC1C. The van der Waals surface area contributed by atoms with Crippen molar-refractivity contribution in [3.63, 3.8) is 0 Å². The number of carbonyl (C=O) groups is 1. The van der Waals surface area contributed by atoms with Gasteiger partial charge in [-0.25, -0.2) is 0 Å². The van der Waals surface area contributed by atoms with Crippen LogP contribution < -0.4 is 5.32 Å². The number of hydrogen-bond acceptors (Lipinski definition) is 1. The maximum Gasteiger partial charge on any atom is 0.416 e. The average Bonchev–Trinajstić information content (AvgIpc) is 2.41. The first-order valence-corrected chi connectivity index (χ1v) is 6.94. The maximum atomic E-state index is 12.6. The molecule has 1 amide bonds.